The number of carbonyl (C=O) groups is 1. The molecule has 0 aromatic heterocycles. The van der Waals surface area contributed by atoms with Crippen molar-refractivity contribution in [2.75, 3.05) is 0 Å². The van der Waals surface area contributed by atoms with Crippen molar-refractivity contribution in [3.63, 3.8) is 0 Å². The third-order valence-electron chi connectivity index (χ3n) is 0. The number of amides is 2. The van der Waals surface area contributed by atoms with Gasteiger partial charge in [0.05, 0.1) is 0 Å². The number of hydrogen-bond acceptors (Lipinski definition) is 12. The molecule has 0 saturated heterocycles. The van der Waals surface area contributed by atoms with Gasteiger partial charge in [-0.1, -0.05) is 0 Å². The van der Waals surface area contributed by atoms with E-state index in [0.29, 0.717) is 0 Å². The minimum Gasteiger partial charge on any atom is -1.00 e. The van der Waals surface area contributed by atoms with Gasteiger partial charge in [-0.25, -0.2) is 9.36 Å². The Balaban J connectivity index is -0.0000000159. The van der Waals surface area contributed by atoms with Crippen LogP contribution in [-0.2, 0) is 29.9 Å². The number of hydrogen-bond donors (Lipinski definition) is 7. The predicted molar refractivity (Wildman–Crippen MR) is 66.8 cm³/mol. The third-order valence-corrected chi connectivity index (χ3v) is 0. The molecule has 19 nitrogen and oxygen atoms in total. The van der Waals surface area contributed by atoms with Crippen molar-refractivity contribution in [1.29, 1.82) is 0 Å². The Morgan fingerprint density at radius 3 is 0.733 bits per heavy atom. The molecule has 0 radical (unpaired) electrons. The molecule has 0 aliphatic rings. The second-order valence-corrected chi connectivity index (χ2v) is 5.86. The normalized spacial score (nSPS) is 8.60. The van der Waals surface area contributed by atoms with Crippen molar-refractivity contribution in [2.24, 2.45) is 11.5 Å². The summed E-state index contributed by atoms with van der Waals surface area (Å²) in [5.74, 6) is 0. The van der Waals surface area contributed by atoms with E-state index < -0.39 is 42.5 Å². The molecule has 0 rings (SSSR count). The van der Waals surface area contributed by atoms with E-state index in [1.54, 1.807) is 0 Å². The van der Waals surface area contributed by atoms with Crippen LogP contribution in [0.1, 0.15) is 0 Å². The Bertz CT molecular complexity index is 551. The molecular formula is CH9ClK3MgN2NaO17P2S2. The summed E-state index contributed by atoms with van der Waals surface area (Å²) in [6.07, 6.45) is 0. The SMILES string of the molecule is NC(N)=O.O=P(O)(O)O.O=P([O-])(O)O.O=S(=O)([O-])[O-].O=S(=O)([O-])[O-].[Cl-].[K+].[K+].[K+].[Mg+2].[Na+]. The van der Waals surface area contributed by atoms with Gasteiger partial charge in [-0.15, -0.1) is 0 Å². The number of phosphoric acid groups is 2. The van der Waals surface area contributed by atoms with Gasteiger partial charge in [0.1, 0.15) is 0 Å². The van der Waals surface area contributed by atoms with E-state index in [2.05, 4.69) is 11.5 Å². The summed E-state index contributed by atoms with van der Waals surface area (Å²) in [4.78, 5) is 53.5. The van der Waals surface area contributed by atoms with Gasteiger partial charge in [-0.2, -0.15) is 0 Å². The Labute approximate surface area is 342 Å². The van der Waals surface area contributed by atoms with E-state index in [1.165, 1.54) is 0 Å². The number of carbonyl (C=O) groups excluding carboxylic acids is 1. The molecule has 0 aromatic rings. The van der Waals surface area contributed by atoms with Gasteiger partial charge in [-0.3, -0.25) is 21.4 Å². The van der Waals surface area contributed by atoms with Gasteiger partial charge in [-0.05, 0) is 0 Å². The molecule has 2 amide bonds. The van der Waals surface area contributed by atoms with Gasteiger partial charge in [0.15, 0.2) is 0 Å². The average Bonchev–Trinajstić information content (AvgIpc) is 1.82. The molecule has 29 heteroatoms. The van der Waals surface area contributed by atoms with Crippen LogP contribution >= 0.6 is 15.6 Å². The van der Waals surface area contributed by atoms with Crippen LogP contribution in [0.15, 0.2) is 0 Å². The van der Waals surface area contributed by atoms with E-state index in [-0.39, 0.29) is 219 Å². The van der Waals surface area contributed by atoms with Crippen LogP contribution in [0.5, 0.6) is 0 Å². The molecule has 160 valence electrons. The molecule has 0 saturated carbocycles. The average molecular weight is 647 g/mol. The quantitative estimate of drug-likeness (QED) is 0.0555. The van der Waals surface area contributed by atoms with Crippen molar-refractivity contribution in [2.45, 2.75) is 0 Å². The Hall–Kier alpha value is 6.20. The molecule has 0 aromatic carbocycles. The molecule has 0 aliphatic carbocycles. The molecule has 0 bridgehead atoms. The van der Waals surface area contributed by atoms with Gasteiger partial charge in [0, 0.05) is 20.8 Å². The standard InChI is InChI=1S/CH4N2O.ClH.3K.Mg.Na.2H3O4P.2H2O4S/c2-1(3)4;;;;;;;4*1-5(2,3)4/h(H4,2,3,4);1H;;;;;;2*(H3,1,2,3,4);2*(H2,1,2,3,4)/q;;3*+1;+2;+1;;;;/p-6. The Morgan fingerprint density at radius 2 is 0.733 bits per heavy atom. The summed E-state index contributed by atoms with van der Waals surface area (Å²) in [6, 6.07) is -0.833. The Morgan fingerprint density at radius 1 is 0.733 bits per heavy atom. The van der Waals surface area contributed by atoms with Gasteiger partial charge in [0.25, 0.3) is 7.82 Å². The summed E-state index contributed by atoms with van der Waals surface area (Å²) in [6.45, 7) is 0. The van der Waals surface area contributed by atoms with Gasteiger partial charge < -0.3 is 71.4 Å². The molecular weight excluding hydrogens is 638 g/mol. The fourth-order valence-electron chi connectivity index (χ4n) is 0. The first kappa shape index (κ1) is 70.6. The maximum Gasteiger partial charge on any atom is 2.00 e. The molecule has 0 unspecified atom stereocenters. The first-order valence-electron chi connectivity index (χ1n) is 3.66. The van der Waals surface area contributed by atoms with Crippen molar-refractivity contribution >= 4 is 65.5 Å². The molecule has 0 fully saturated rings. The zero-order valence-corrected chi connectivity index (χ0v) is 32.5. The van der Waals surface area contributed by atoms with Gasteiger partial charge in [0.2, 0.25) is 0 Å². The minimum absolute atomic E-state index is 0. The summed E-state index contributed by atoms with van der Waals surface area (Å²) < 4.78 is 85.8. The van der Waals surface area contributed by atoms with Crippen LogP contribution < -0.4 is 212 Å². The van der Waals surface area contributed by atoms with E-state index in [4.69, 9.17) is 78.3 Å². The largest absolute Gasteiger partial charge is 2.00 e. The fraction of sp³-hybridized carbons (Fsp3) is 0. The second-order valence-electron chi connectivity index (χ2n) is 2.22. The zero-order valence-electron chi connectivity index (χ0n) is 15.6. The number of halogens is 1. The summed E-state index contributed by atoms with van der Waals surface area (Å²) in [7, 11) is -19.9. The predicted octanol–water partition coefficient (Wildman–Crippen LogP) is -21.5. The van der Waals surface area contributed by atoms with Crippen LogP contribution in [0.25, 0.3) is 0 Å². The maximum absolute atomic E-state index is 9.00. The molecule has 0 spiro atoms. The molecule has 0 atom stereocenters. The summed E-state index contributed by atoms with van der Waals surface area (Å²) >= 11 is 0. The molecule has 0 heterocycles. The van der Waals surface area contributed by atoms with Gasteiger partial charge >= 0.3 is 221 Å². The van der Waals surface area contributed by atoms with Crippen LogP contribution in [0.4, 0.5) is 4.79 Å². The monoisotopic (exact) mass is 646 g/mol. The van der Waals surface area contributed by atoms with Crippen molar-refractivity contribution in [3.8, 4) is 0 Å². The first-order valence-corrected chi connectivity index (χ1v) is 9.42. The van der Waals surface area contributed by atoms with Crippen molar-refractivity contribution in [3.05, 3.63) is 0 Å². The zero-order chi connectivity index (χ0) is 21.6. The second kappa shape index (κ2) is 37.3. The molecule has 0 aliphatic heterocycles. The maximum atomic E-state index is 9.00. The fourth-order valence-corrected chi connectivity index (χ4v) is 0. The third kappa shape index (κ3) is 982. The summed E-state index contributed by atoms with van der Waals surface area (Å²) in [5, 5.41) is 0. The van der Waals surface area contributed by atoms with Crippen LogP contribution in [-0.4, -0.2) is 88.6 Å². The van der Waals surface area contributed by atoms with E-state index in [0.717, 1.165) is 0 Å². The number of nitrogens with two attached hydrogens (primary N) is 2. The molecule has 9 N–H and O–H groups in total. The van der Waals surface area contributed by atoms with Crippen molar-refractivity contribution < 1.29 is 274 Å². The first-order chi connectivity index (χ1) is 9.73. The number of primary amides is 2. The van der Waals surface area contributed by atoms with Crippen LogP contribution in [0.2, 0.25) is 0 Å². The van der Waals surface area contributed by atoms with E-state index in [1.807, 2.05) is 0 Å². The van der Waals surface area contributed by atoms with Crippen LogP contribution in [0.3, 0.4) is 0 Å². The van der Waals surface area contributed by atoms with Crippen molar-refractivity contribution in [1.82, 2.24) is 0 Å². The van der Waals surface area contributed by atoms with E-state index in [9.17, 15) is 0 Å². The molecule has 30 heavy (non-hydrogen) atoms. The Kier molecular flexibility index (Phi) is 87.9. The van der Waals surface area contributed by atoms with E-state index >= 15 is 0 Å². The smallest absolute Gasteiger partial charge is 1.00 e. The number of rotatable bonds is 0. The van der Waals surface area contributed by atoms with Crippen LogP contribution in [0, 0.1) is 0 Å². The number of urea groups is 1. The topological polar surface area (TPSA) is 388 Å². The summed E-state index contributed by atoms with van der Waals surface area (Å²) in [5.41, 5.74) is 8.50. The minimum atomic E-state index is -5.17.